The minimum absolute atomic E-state index is 0.0415. The van der Waals surface area contributed by atoms with E-state index in [9.17, 15) is 4.79 Å². The molecule has 0 amide bonds. The first-order valence-corrected chi connectivity index (χ1v) is 12.9. The Morgan fingerprint density at radius 3 is 2.39 bits per heavy atom. The number of aryl methyl sites for hydroxylation is 1. The van der Waals surface area contributed by atoms with E-state index in [1.807, 2.05) is 12.1 Å². The van der Waals surface area contributed by atoms with Gasteiger partial charge in [0.05, 0.1) is 0 Å². The van der Waals surface area contributed by atoms with Crippen molar-refractivity contribution in [3.63, 3.8) is 0 Å². The number of likely N-dealkylation sites (tertiary alicyclic amines) is 1. The van der Waals surface area contributed by atoms with Gasteiger partial charge in [0, 0.05) is 30.9 Å². The van der Waals surface area contributed by atoms with Crippen LogP contribution in [0.2, 0.25) is 0 Å². The van der Waals surface area contributed by atoms with Gasteiger partial charge in [0.1, 0.15) is 0 Å². The maximum atomic E-state index is 13.7. The molecule has 3 aromatic rings. The molecule has 0 unspecified atom stereocenters. The number of carbonyl (C=O) groups excluding carboxylic acids is 1. The van der Waals surface area contributed by atoms with Gasteiger partial charge >= 0.3 is 0 Å². The number of anilines is 1. The minimum Gasteiger partial charge on any atom is -0.371 e. The maximum Gasteiger partial charge on any atom is 0.187 e. The lowest BCUT2D eigenvalue weighted by Crippen LogP contribution is -2.42. The van der Waals surface area contributed by atoms with Gasteiger partial charge in [-0.05, 0) is 100 Å². The van der Waals surface area contributed by atoms with Crippen LogP contribution in [0.15, 0.2) is 72.8 Å². The van der Waals surface area contributed by atoms with Gasteiger partial charge in [0.2, 0.25) is 0 Å². The lowest BCUT2D eigenvalue weighted by atomic mass is 9.94. The summed E-state index contributed by atoms with van der Waals surface area (Å²) in [5, 5.41) is 0. The second-order valence-corrected chi connectivity index (χ2v) is 10.3. The molecule has 188 valence electrons. The largest absolute Gasteiger partial charge is 0.371 e. The normalized spacial score (nSPS) is 15.1. The monoisotopic (exact) mass is 481 g/mol. The third-order valence-electron chi connectivity index (χ3n) is 7.29. The van der Waals surface area contributed by atoms with Crippen molar-refractivity contribution in [1.29, 1.82) is 0 Å². The molecular formula is C32H39N3O. The van der Waals surface area contributed by atoms with Crippen molar-refractivity contribution in [2.75, 3.05) is 46.2 Å². The van der Waals surface area contributed by atoms with Gasteiger partial charge in [-0.1, -0.05) is 60.7 Å². The summed E-state index contributed by atoms with van der Waals surface area (Å²) in [5.41, 5.74) is 7.53. The Bertz CT molecular complexity index is 1220. The third kappa shape index (κ3) is 6.13. The van der Waals surface area contributed by atoms with Crippen molar-refractivity contribution in [2.45, 2.75) is 32.4 Å². The number of benzene rings is 3. The number of carbonyl (C=O) groups is 1. The summed E-state index contributed by atoms with van der Waals surface area (Å²) in [6.45, 7) is 5.13. The highest BCUT2D eigenvalue weighted by Gasteiger charge is 2.24. The quantitative estimate of drug-likeness (QED) is 0.285. The number of hydrogen-bond acceptors (Lipinski definition) is 4. The number of ketones is 1. The Hall–Kier alpha value is -3.21. The van der Waals surface area contributed by atoms with E-state index in [1.165, 1.54) is 16.7 Å². The third-order valence-corrected chi connectivity index (χ3v) is 7.29. The van der Waals surface area contributed by atoms with E-state index in [2.05, 4.69) is 110 Å². The molecule has 0 aliphatic carbocycles. The summed E-state index contributed by atoms with van der Waals surface area (Å²) in [6, 6.07) is 23.5. The van der Waals surface area contributed by atoms with E-state index >= 15 is 0 Å². The topological polar surface area (TPSA) is 26.8 Å². The van der Waals surface area contributed by atoms with Crippen LogP contribution in [0, 0.1) is 6.92 Å². The predicted molar refractivity (Wildman–Crippen MR) is 153 cm³/mol. The standard InChI is InChI=1S/C32H39N3O/c1-24-10-6-9-13-29(24)26-14-16-31(35(5)28-18-20-34(4)21-19-28)30(22-26)32(36)17-15-25-11-7-8-12-27(25)23-33(2)3/h6-17,22,28H,18-21,23H2,1-5H3/b17-15+. The first-order valence-electron chi connectivity index (χ1n) is 12.9. The Morgan fingerprint density at radius 2 is 1.67 bits per heavy atom. The number of rotatable bonds is 8. The van der Waals surface area contributed by atoms with Crippen molar-refractivity contribution in [2.24, 2.45) is 0 Å². The average Bonchev–Trinajstić information content (AvgIpc) is 2.87. The zero-order chi connectivity index (χ0) is 25.7. The zero-order valence-corrected chi connectivity index (χ0v) is 22.4. The highest BCUT2D eigenvalue weighted by molar-refractivity contribution is 6.11. The van der Waals surface area contributed by atoms with Gasteiger partial charge in [-0.15, -0.1) is 0 Å². The van der Waals surface area contributed by atoms with E-state index in [4.69, 9.17) is 0 Å². The van der Waals surface area contributed by atoms with Crippen LogP contribution in [0.1, 0.15) is 39.9 Å². The molecule has 0 N–H and O–H groups in total. The Balaban J connectivity index is 1.71. The molecule has 4 rings (SSSR count). The fourth-order valence-electron chi connectivity index (χ4n) is 5.12. The van der Waals surface area contributed by atoms with Gasteiger partial charge < -0.3 is 14.7 Å². The number of allylic oxidation sites excluding steroid dienone is 1. The molecule has 4 nitrogen and oxygen atoms in total. The Morgan fingerprint density at radius 1 is 0.972 bits per heavy atom. The molecule has 36 heavy (non-hydrogen) atoms. The summed E-state index contributed by atoms with van der Waals surface area (Å²) < 4.78 is 0. The van der Waals surface area contributed by atoms with Gasteiger partial charge in [-0.3, -0.25) is 4.79 Å². The van der Waals surface area contributed by atoms with Crippen LogP contribution >= 0.6 is 0 Å². The number of hydrogen-bond donors (Lipinski definition) is 0. The molecule has 1 heterocycles. The molecule has 0 atom stereocenters. The smallest absolute Gasteiger partial charge is 0.187 e. The Kier molecular flexibility index (Phi) is 8.40. The molecule has 0 aromatic heterocycles. The molecule has 0 radical (unpaired) electrons. The van der Waals surface area contributed by atoms with Crippen LogP contribution in [0.5, 0.6) is 0 Å². The number of nitrogens with zero attached hydrogens (tertiary/aromatic N) is 3. The molecular weight excluding hydrogens is 442 g/mol. The average molecular weight is 482 g/mol. The molecule has 0 spiro atoms. The van der Waals surface area contributed by atoms with Crippen LogP contribution in [0.3, 0.4) is 0 Å². The second kappa shape index (κ2) is 11.7. The highest BCUT2D eigenvalue weighted by atomic mass is 16.1. The molecule has 1 aliphatic heterocycles. The van der Waals surface area contributed by atoms with Crippen molar-refractivity contribution in [1.82, 2.24) is 9.80 Å². The fraction of sp³-hybridized carbons (Fsp3) is 0.344. The molecule has 0 bridgehead atoms. The zero-order valence-electron chi connectivity index (χ0n) is 22.4. The van der Waals surface area contributed by atoms with Gasteiger partial charge in [-0.2, -0.15) is 0 Å². The molecule has 4 heteroatoms. The summed E-state index contributed by atoms with van der Waals surface area (Å²) in [7, 11) is 8.45. The maximum absolute atomic E-state index is 13.7. The SMILES string of the molecule is Cc1ccccc1-c1ccc(N(C)C2CCN(C)CC2)c(C(=O)/C=C/c2ccccc2CN(C)C)c1. The summed E-state index contributed by atoms with van der Waals surface area (Å²) in [6.07, 6.45) is 5.93. The van der Waals surface area contributed by atoms with E-state index in [0.29, 0.717) is 6.04 Å². The molecule has 1 aliphatic rings. The van der Waals surface area contributed by atoms with Crippen molar-refractivity contribution >= 4 is 17.5 Å². The van der Waals surface area contributed by atoms with Crippen LogP contribution in [0.4, 0.5) is 5.69 Å². The molecule has 1 saturated heterocycles. The van der Waals surface area contributed by atoms with Gasteiger partial charge in [0.25, 0.3) is 0 Å². The lowest BCUT2D eigenvalue weighted by molar-refractivity contribution is 0.104. The summed E-state index contributed by atoms with van der Waals surface area (Å²) in [5.74, 6) is 0.0415. The van der Waals surface area contributed by atoms with Gasteiger partial charge in [-0.25, -0.2) is 0 Å². The molecule has 3 aromatic carbocycles. The van der Waals surface area contributed by atoms with Crippen LogP contribution in [-0.2, 0) is 6.54 Å². The predicted octanol–water partition coefficient (Wildman–Crippen LogP) is 6.15. The van der Waals surface area contributed by atoms with Crippen molar-refractivity contribution in [3.8, 4) is 11.1 Å². The van der Waals surface area contributed by atoms with Crippen LogP contribution < -0.4 is 4.90 Å². The first-order chi connectivity index (χ1) is 17.3. The van der Waals surface area contributed by atoms with E-state index in [1.54, 1.807) is 6.08 Å². The lowest BCUT2D eigenvalue weighted by Gasteiger charge is -2.37. The summed E-state index contributed by atoms with van der Waals surface area (Å²) in [4.78, 5) is 20.6. The second-order valence-electron chi connectivity index (χ2n) is 10.3. The fourth-order valence-corrected chi connectivity index (χ4v) is 5.12. The van der Waals surface area contributed by atoms with Crippen LogP contribution in [-0.4, -0.2) is 62.9 Å². The van der Waals surface area contributed by atoms with E-state index < -0.39 is 0 Å². The first kappa shape index (κ1) is 25.9. The minimum atomic E-state index is 0.0415. The van der Waals surface area contributed by atoms with Crippen molar-refractivity contribution < 1.29 is 4.79 Å². The molecule has 1 fully saturated rings. The van der Waals surface area contributed by atoms with Crippen LogP contribution in [0.25, 0.3) is 17.2 Å². The van der Waals surface area contributed by atoms with Gasteiger partial charge in [0.15, 0.2) is 5.78 Å². The Labute approximate surface area is 216 Å². The van der Waals surface area contributed by atoms with E-state index in [-0.39, 0.29) is 5.78 Å². The number of piperidine rings is 1. The van der Waals surface area contributed by atoms with Crippen molar-refractivity contribution in [3.05, 3.63) is 95.1 Å². The summed E-state index contributed by atoms with van der Waals surface area (Å²) >= 11 is 0. The van der Waals surface area contributed by atoms with E-state index in [0.717, 1.165) is 54.9 Å². The molecule has 0 saturated carbocycles. The highest BCUT2D eigenvalue weighted by Crippen LogP contribution is 2.32.